The lowest BCUT2D eigenvalue weighted by atomic mass is 9.88. The number of amides is 1. The van der Waals surface area contributed by atoms with Crippen LogP contribution in [0.3, 0.4) is 0 Å². The van der Waals surface area contributed by atoms with Gasteiger partial charge in [-0.2, -0.15) is 0 Å². The van der Waals surface area contributed by atoms with Crippen molar-refractivity contribution in [3.8, 4) is 5.75 Å². The fourth-order valence-corrected chi connectivity index (χ4v) is 3.73. The van der Waals surface area contributed by atoms with Crippen molar-refractivity contribution in [2.75, 3.05) is 6.61 Å². The van der Waals surface area contributed by atoms with Crippen LogP contribution in [-0.2, 0) is 11.2 Å². The molecule has 4 heteroatoms. The van der Waals surface area contributed by atoms with Crippen LogP contribution < -0.4 is 10.1 Å². The maximum Gasteiger partial charge on any atom is 0.258 e. The normalized spacial score (nSPS) is 16.4. The van der Waals surface area contributed by atoms with Crippen LogP contribution in [0.25, 0.3) is 0 Å². The molecule has 1 atom stereocenters. The van der Waals surface area contributed by atoms with E-state index in [0.29, 0.717) is 5.02 Å². The summed E-state index contributed by atoms with van der Waals surface area (Å²) in [6.07, 6.45) is 3.15. The zero-order valence-corrected chi connectivity index (χ0v) is 14.8. The minimum atomic E-state index is -0.0922. The molecule has 1 aliphatic rings. The third-order valence-corrected chi connectivity index (χ3v) is 4.70. The first-order chi connectivity index (χ1) is 11.5. The number of ether oxygens (including phenoxy) is 1. The Labute approximate surface area is 148 Å². The molecular weight excluding hydrogens is 322 g/mol. The highest BCUT2D eigenvalue weighted by atomic mass is 35.5. The fraction of sp³-hybridized carbons (Fsp3) is 0.350. The number of hydrogen-bond donors (Lipinski definition) is 1. The first-order valence-corrected chi connectivity index (χ1v) is 8.69. The Balaban J connectivity index is 1.63. The van der Waals surface area contributed by atoms with E-state index in [1.54, 1.807) is 0 Å². The zero-order chi connectivity index (χ0) is 17.1. The zero-order valence-electron chi connectivity index (χ0n) is 14.1. The van der Waals surface area contributed by atoms with Crippen molar-refractivity contribution in [3.05, 3.63) is 63.7 Å². The van der Waals surface area contributed by atoms with Gasteiger partial charge in [-0.1, -0.05) is 35.9 Å². The van der Waals surface area contributed by atoms with Crippen LogP contribution in [0.4, 0.5) is 0 Å². The van der Waals surface area contributed by atoms with Gasteiger partial charge in [0.15, 0.2) is 6.61 Å². The summed E-state index contributed by atoms with van der Waals surface area (Å²) in [5, 5.41) is 3.79. The Morgan fingerprint density at radius 2 is 1.96 bits per heavy atom. The first-order valence-electron chi connectivity index (χ1n) is 8.31. The lowest BCUT2D eigenvalue weighted by molar-refractivity contribution is -0.124. The summed E-state index contributed by atoms with van der Waals surface area (Å²) in [5.41, 5.74) is 4.45. The van der Waals surface area contributed by atoms with Gasteiger partial charge in [0.05, 0.1) is 6.04 Å². The van der Waals surface area contributed by atoms with Gasteiger partial charge in [-0.15, -0.1) is 0 Å². The number of fused-ring (bicyclic) bond motifs is 1. The Bertz CT molecular complexity index is 734. The second-order valence-electron chi connectivity index (χ2n) is 6.37. The van der Waals surface area contributed by atoms with E-state index in [1.165, 1.54) is 11.1 Å². The summed E-state index contributed by atoms with van der Waals surface area (Å²) in [4.78, 5) is 12.3. The standard InChI is InChI=1S/C20H22ClNO2/c1-13-10-16(21)11-14(2)20(13)24-12-19(23)22-18-9-5-7-15-6-3-4-8-17(15)18/h3-4,6,8,10-11,18H,5,7,9,12H2,1-2H3,(H,22,23)/t18-/m0/s1. The van der Waals surface area contributed by atoms with Crippen molar-refractivity contribution in [3.63, 3.8) is 0 Å². The Hall–Kier alpha value is -2.00. The SMILES string of the molecule is Cc1cc(Cl)cc(C)c1OCC(=O)N[C@H]1CCCc2ccccc21. The molecule has 0 heterocycles. The molecule has 0 saturated heterocycles. The number of benzene rings is 2. The molecule has 0 bridgehead atoms. The van der Waals surface area contributed by atoms with E-state index < -0.39 is 0 Å². The van der Waals surface area contributed by atoms with Crippen LogP contribution in [0.2, 0.25) is 5.02 Å². The molecule has 2 aromatic carbocycles. The topological polar surface area (TPSA) is 38.3 Å². The maximum atomic E-state index is 12.3. The molecule has 2 aromatic rings. The monoisotopic (exact) mass is 343 g/mol. The van der Waals surface area contributed by atoms with E-state index in [9.17, 15) is 4.79 Å². The van der Waals surface area contributed by atoms with Crippen LogP contribution in [0.15, 0.2) is 36.4 Å². The molecule has 0 unspecified atom stereocenters. The van der Waals surface area contributed by atoms with Gasteiger partial charge in [0.1, 0.15) is 5.75 Å². The second kappa shape index (κ2) is 7.27. The summed E-state index contributed by atoms with van der Waals surface area (Å²) in [7, 11) is 0. The molecule has 0 spiro atoms. The van der Waals surface area contributed by atoms with Crippen molar-refractivity contribution in [2.24, 2.45) is 0 Å². The van der Waals surface area contributed by atoms with Gasteiger partial charge >= 0.3 is 0 Å². The van der Waals surface area contributed by atoms with Crippen molar-refractivity contribution in [1.29, 1.82) is 0 Å². The van der Waals surface area contributed by atoms with E-state index in [4.69, 9.17) is 16.3 Å². The number of hydrogen-bond acceptors (Lipinski definition) is 2. The van der Waals surface area contributed by atoms with Gasteiger partial charge in [0.25, 0.3) is 5.91 Å². The molecule has 1 N–H and O–H groups in total. The summed E-state index contributed by atoms with van der Waals surface area (Å²) in [5.74, 6) is 0.643. The Morgan fingerprint density at radius 1 is 1.25 bits per heavy atom. The van der Waals surface area contributed by atoms with E-state index in [1.807, 2.05) is 32.0 Å². The van der Waals surface area contributed by atoms with Gasteiger partial charge in [-0.05, 0) is 67.5 Å². The van der Waals surface area contributed by atoms with Crippen molar-refractivity contribution in [2.45, 2.75) is 39.2 Å². The third kappa shape index (κ3) is 3.73. The maximum absolute atomic E-state index is 12.3. The van der Waals surface area contributed by atoms with Gasteiger partial charge < -0.3 is 10.1 Å². The molecule has 0 saturated carbocycles. The highest BCUT2D eigenvalue weighted by Crippen LogP contribution is 2.30. The molecule has 126 valence electrons. The number of carbonyl (C=O) groups excluding carboxylic acids is 1. The minimum absolute atomic E-state index is 0.0159. The molecule has 3 nitrogen and oxygen atoms in total. The largest absolute Gasteiger partial charge is 0.483 e. The summed E-state index contributed by atoms with van der Waals surface area (Å²) >= 11 is 6.03. The van der Waals surface area contributed by atoms with Crippen molar-refractivity contribution < 1.29 is 9.53 Å². The quantitative estimate of drug-likeness (QED) is 0.885. The van der Waals surface area contributed by atoms with Crippen LogP contribution >= 0.6 is 11.6 Å². The van der Waals surface area contributed by atoms with Gasteiger partial charge in [-0.3, -0.25) is 4.79 Å². The highest BCUT2D eigenvalue weighted by molar-refractivity contribution is 6.30. The lowest BCUT2D eigenvalue weighted by Gasteiger charge is -2.26. The van der Waals surface area contributed by atoms with Crippen LogP contribution in [0, 0.1) is 13.8 Å². The average Bonchev–Trinajstić information content (AvgIpc) is 2.54. The molecule has 0 aromatic heterocycles. The third-order valence-electron chi connectivity index (χ3n) is 4.48. The smallest absolute Gasteiger partial charge is 0.258 e. The number of nitrogens with one attached hydrogen (secondary N) is 1. The van der Waals surface area contributed by atoms with Gasteiger partial charge in [0, 0.05) is 5.02 Å². The second-order valence-corrected chi connectivity index (χ2v) is 6.80. The van der Waals surface area contributed by atoms with Crippen molar-refractivity contribution >= 4 is 17.5 Å². The minimum Gasteiger partial charge on any atom is -0.483 e. The molecular formula is C20H22ClNO2. The molecule has 1 aliphatic carbocycles. The molecule has 0 aliphatic heterocycles. The van der Waals surface area contributed by atoms with Crippen LogP contribution in [-0.4, -0.2) is 12.5 Å². The summed E-state index contributed by atoms with van der Waals surface area (Å²) in [6, 6.07) is 12.1. The average molecular weight is 344 g/mol. The predicted octanol–water partition coefficient (Wildman–Crippen LogP) is 4.53. The predicted molar refractivity (Wildman–Crippen MR) is 96.7 cm³/mol. The van der Waals surface area contributed by atoms with Gasteiger partial charge in [-0.25, -0.2) is 0 Å². The summed E-state index contributed by atoms with van der Waals surface area (Å²) < 4.78 is 5.74. The lowest BCUT2D eigenvalue weighted by Crippen LogP contribution is -2.34. The van der Waals surface area contributed by atoms with E-state index >= 15 is 0 Å². The molecule has 3 rings (SSSR count). The van der Waals surface area contributed by atoms with E-state index in [2.05, 4.69) is 23.5 Å². The molecule has 0 radical (unpaired) electrons. The number of halogens is 1. The Kier molecular flexibility index (Phi) is 5.10. The van der Waals surface area contributed by atoms with Crippen LogP contribution in [0.5, 0.6) is 5.75 Å². The van der Waals surface area contributed by atoms with Gasteiger partial charge in [0.2, 0.25) is 0 Å². The molecule has 1 amide bonds. The molecule has 0 fully saturated rings. The number of aryl methyl sites for hydroxylation is 3. The number of rotatable bonds is 4. The Morgan fingerprint density at radius 3 is 2.71 bits per heavy atom. The highest BCUT2D eigenvalue weighted by Gasteiger charge is 2.21. The van der Waals surface area contributed by atoms with E-state index in [0.717, 1.165) is 36.1 Å². The molecule has 24 heavy (non-hydrogen) atoms. The first kappa shape index (κ1) is 16.8. The van der Waals surface area contributed by atoms with Crippen LogP contribution in [0.1, 0.15) is 41.1 Å². The number of carbonyl (C=O) groups is 1. The van der Waals surface area contributed by atoms with E-state index in [-0.39, 0.29) is 18.6 Å². The summed E-state index contributed by atoms with van der Waals surface area (Å²) in [6.45, 7) is 3.88. The fourth-order valence-electron chi connectivity index (χ4n) is 3.40. The van der Waals surface area contributed by atoms with Crippen molar-refractivity contribution in [1.82, 2.24) is 5.32 Å².